The molecule has 0 heterocycles. The van der Waals surface area contributed by atoms with Crippen molar-refractivity contribution in [2.45, 2.75) is 70.9 Å². The van der Waals surface area contributed by atoms with Gasteiger partial charge >= 0.3 is 12.0 Å². The van der Waals surface area contributed by atoms with E-state index in [-0.39, 0.29) is 18.1 Å². The highest BCUT2D eigenvalue weighted by Crippen LogP contribution is 2.29. The van der Waals surface area contributed by atoms with E-state index in [1.165, 1.54) is 6.42 Å². The van der Waals surface area contributed by atoms with Crippen molar-refractivity contribution in [2.24, 2.45) is 17.8 Å². The lowest BCUT2D eigenvalue weighted by molar-refractivity contribution is -0.143. The highest BCUT2D eigenvalue weighted by atomic mass is 16.4. The minimum Gasteiger partial charge on any atom is -0.481 e. The molecule has 21 heavy (non-hydrogen) atoms. The first kappa shape index (κ1) is 16.1. The molecule has 2 rings (SSSR count). The predicted molar refractivity (Wildman–Crippen MR) is 81.0 cm³/mol. The van der Waals surface area contributed by atoms with Gasteiger partial charge in [0.1, 0.15) is 0 Å². The molecule has 0 bridgehead atoms. The van der Waals surface area contributed by atoms with Crippen molar-refractivity contribution in [3.8, 4) is 0 Å². The van der Waals surface area contributed by atoms with E-state index in [4.69, 9.17) is 0 Å². The van der Waals surface area contributed by atoms with Crippen LogP contribution < -0.4 is 10.6 Å². The van der Waals surface area contributed by atoms with E-state index in [1.807, 2.05) is 0 Å². The van der Waals surface area contributed by atoms with Crippen molar-refractivity contribution < 1.29 is 14.7 Å². The molecule has 5 nitrogen and oxygen atoms in total. The summed E-state index contributed by atoms with van der Waals surface area (Å²) in [4.78, 5) is 23.4. The zero-order valence-corrected chi connectivity index (χ0v) is 13.1. The molecule has 3 N–H and O–H groups in total. The Kier molecular flexibility index (Phi) is 5.48. The van der Waals surface area contributed by atoms with Crippen LogP contribution in [-0.2, 0) is 4.79 Å². The Bertz CT molecular complexity index is 386. The van der Waals surface area contributed by atoms with Crippen molar-refractivity contribution in [3.63, 3.8) is 0 Å². The molecule has 5 unspecified atom stereocenters. The maximum Gasteiger partial charge on any atom is 0.315 e. The summed E-state index contributed by atoms with van der Waals surface area (Å²) in [5, 5.41) is 15.2. The van der Waals surface area contributed by atoms with Crippen LogP contribution in [0.1, 0.15) is 58.8 Å². The van der Waals surface area contributed by atoms with E-state index in [0.29, 0.717) is 18.3 Å². The van der Waals surface area contributed by atoms with Crippen LogP contribution in [0, 0.1) is 17.8 Å². The van der Waals surface area contributed by atoms with Crippen molar-refractivity contribution in [2.75, 3.05) is 0 Å². The van der Waals surface area contributed by atoms with Gasteiger partial charge in [-0.05, 0) is 31.1 Å². The Morgan fingerprint density at radius 3 is 2.24 bits per heavy atom. The molecule has 5 heteroatoms. The lowest BCUT2D eigenvalue weighted by Gasteiger charge is -2.35. The number of nitrogens with one attached hydrogen (secondary N) is 2. The Balaban J connectivity index is 1.87. The second-order valence-corrected chi connectivity index (χ2v) is 6.83. The first-order valence-electron chi connectivity index (χ1n) is 8.29. The molecular formula is C16H28N2O3. The van der Waals surface area contributed by atoms with Crippen molar-refractivity contribution in [1.29, 1.82) is 0 Å². The molecule has 0 saturated heterocycles. The molecule has 0 radical (unpaired) electrons. The van der Waals surface area contributed by atoms with E-state index in [2.05, 4.69) is 24.5 Å². The summed E-state index contributed by atoms with van der Waals surface area (Å²) in [5.41, 5.74) is 0. The minimum absolute atomic E-state index is 0.195. The number of carboxylic acids is 1. The summed E-state index contributed by atoms with van der Waals surface area (Å²) in [7, 11) is 0. The smallest absolute Gasteiger partial charge is 0.315 e. The van der Waals surface area contributed by atoms with Crippen LogP contribution in [0.3, 0.4) is 0 Å². The fourth-order valence-electron chi connectivity index (χ4n) is 3.76. The largest absolute Gasteiger partial charge is 0.481 e. The van der Waals surface area contributed by atoms with Gasteiger partial charge in [0.25, 0.3) is 0 Å². The van der Waals surface area contributed by atoms with Crippen molar-refractivity contribution in [1.82, 2.24) is 10.6 Å². The molecule has 2 amide bonds. The number of carbonyl (C=O) groups excluding carboxylic acids is 1. The predicted octanol–water partition coefficient (Wildman–Crippen LogP) is 2.75. The number of hydrogen-bond acceptors (Lipinski definition) is 2. The van der Waals surface area contributed by atoms with Gasteiger partial charge in [0.15, 0.2) is 0 Å². The van der Waals surface area contributed by atoms with Crippen molar-refractivity contribution >= 4 is 12.0 Å². The van der Waals surface area contributed by atoms with Crippen LogP contribution in [0.2, 0.25) is 0 Å². The van der Waals surface area contributed by atoms with Crippen molar-refractivity contribution in [3.05, 3.63) is 0 Å². The van der Waals surface area contributed by atoms with E-state index in [9.17, 15) is 14.7 Å². The second-order valence-electron chi connectivity index (χ2n) is 6.83. The van der Waals surface area contributed by atoms with Gasteiger partial charge < -0.3 is 15.7 Å². The van der Waals surface area contributed by atoms with Crippen LogP contribution >= 0.6 is 0 Å². The molecule has 0 aromatic heterocycles. The molecule has 2 aliphatic rings. The summed E-state index contributed by atoms with van der Waals surface area (Å²) in [6, 6.07) is -0.215. The number of amides is 2. The maximum absolute atomic E-state index is 12.2. The molecule has 0 spiro atoms. The summed E-state index contributed by atoms with van der Waals surface area (Å²) in [6.07, 6.45) is 6.76. The molecule has 2 fully saturated rings. The highest BCUT2D eigenvalue weighted by Gasteiger charge is 2.33. The zero-order valence-electron chi connectivity index (χ0n) is 13.1. The Morgan fingerprint density at radius 2 is 1.52 bits per heavy atom. The average Bonchev–Trinajstić information content (AvgIpc) is 2.44. The lowest BCUT2D eigenvalue weighted by Crippen LogP contribution is -2.53. The molecular weight excluding hydrogens is 268 g/mol. The SMILES string of the molecule is CC1CCCC(NC(=O)NC2CCCCC2C(=O)O)C1C. The topological polar surface area (TPSA) is 78.4 Å². The van der Waals surface area contributed by atoms with Gasteiger partial charge in [-0.2, -0.15) is 0 Å². The standard InChI is InChI=1S/C16H28N2O3/c1-10-6-5-9-13(11(10)2)17-16(21)18-14-8-4-3-7-12(14)15(19)20/h10-14H,3-9H2,1-2H3,(H,19,20)(H2,17,18,21). The highest BCUT2D eigenvalue weighted by molar-refractivity contribution is 5.77. The Hall–Kier alpha value is -1.26. The van der Waals surface area contributed by atoms with Crippen LogP contribution in [0.5, 0.6) is 0 Å². The monoisotopic (exact) mass is 296 g/mol. The fourth-order valence-corrected chi connectivity index (χ4v) is 3.76. The van der Waals surface area contributed by atoms with Gasteiger partial charge in [-0.1, -0.05) is 39.5 Å². The quantitative estimate of drug-likeness (QED) is 0.749. The van der Waals surface area contributed by atoms with Gasteiger partial charge in [0.05, 0.1) is 5.92 Å². The molecule has 0 aromatic rings. The van der Waals surface area contributed by atoms with Crippen LogP contribution in [0.15, 0.2) is 0 Å². The second kappa shape index (κ2) is 7.14. The maximum atomic E-state index is 12.2. The van der Waals surface area contributed by atoms with E-state index in [0.717, 1.165) is 32.1 Å². The first-order chi connectivity index (χ1) is 9.99. The number of carboxylic acid groups (broad SMARTS) is 1. The number of urea groups is 1. The van der Waals surface area contributed by atoms with Crippen LogP contribution in [-0.4, -0.2) is 29.2 Å². The average molecular weight is 296 g/mol. The van der Waals surface area contributed by atoms with Crippen LogP contribution in [0.25, 0.3) is 0 Å². The minimum atomic E-state index is -0.792. The number of carbonyl (C=O) groups is 2. The molecule has 120 valence electrons. The third kappa shape index (κ3) is 4.11. The number of aliphatic carboxylic acids is 1. The van der Waals surface area contributed by atoms with Gasteiger partial charge in [0.2, 0.25) is 0 Å². The molecule has 2 aliphatic carbocycles. The normalized spacial score (nSPS) is 36.8. The zero-order chi connectivity index (χ0) is 15.4. The number of hydrogen-bond donors (Lipinski definition) is 3. The summed E-state index contributed by atoms with van der Waals surface area (Å²) in [6.45, 7) is 4.42. The third-order valence-corrected chi connectivity index (χ3v) is 5.42. The molecule has 0 aliphatic heterocycles. The van der Waals surface area contributed by atoms with E-state index >= 15 is 0 Å². The Morgan fingerprint density at radius 1 is 0.905 bits per heavy atom. The fraction of sp³-hybridized carbons (Fsp3) is 0.875. The van der Waals surface area contributed by atoms with Crippen LogP contribution in [0.4, 0.5) is 4.79 Å². The van der Waals surface area contributed by atoms with E-state index in [1.54, 1.807) is 0 Å². The molecule has 5 atom stereocenters. The van der Waals surface area contributed by atoms with Gasteiger partial charge in [0, 0.05) is 12.1 Å². The molecule has 2 saturated carbocycles. The van der Waals surface area contributed by atoms with Gasteiger partial charge in [-0.3, -0.25) is 4.79 Å². The van der Waals surface area contributed by atoms with Gasteiger partial charge in [-0.15, -0.1) is 0 Å². The summed E-state index contributed by atoms with van der Waals surface area (Å²) < 4.78 is 0. The van der Waals surface area contributed by atoms with Gasteiger partial charge in [-0.25, -0.2) is 4.79 Å². The first-order valence-corrected chi connectivity index (χ1v) is 8.29. The molecule has 0 aromatic carbocycles. The lowest BCUT2D eigenvalue weighted by atomic mass is 9.78. The van der Waals surface area contributed by atoms with E-state index < -0.39 is 11.9 Å². The third-order valence-electron chi connectivity index (χ3n) is 5.42. The Labute approximate surface area is 126 Å². The summed E-state index contributed by atoms with van der Waals surface area (Å²) >= 11 is 0. The summed E-state index contributed by atoms with van der Waals surface area (Å²) in [5.74, 6) is -0.122. The number of rotatable bonds is 3.